The van der Waals surface area contributed by atoms with E-state index >= 15 is 0 Å². The zero-order valence-corrected chi connectivity index (χ0v) is 12.8. The molecule has 0 radical (unpaired) electrons. The van der Waals surface area contributed by atoms with Crippen LogP contribution in [0.1, 0.15) is 57.4 Å². The van der Waals surface area contributed by atoms with E-state index in [0.29, 0.717) is 5.92 Å². The van der Waals surface area contributed by atoms with Gasteiger partial charge < -0.3 is 10.6 Å². The van der Waals surface area contributed by atoms with E-state index in [9.17, 15) is 9.59 Å². The number of rotatable bonds is 5. The van der Waals surface area contributed by atoms with Crippen LogP contribution >= 0.6 is 0 Å². The van der Waals surface area contributed by atoms with E-state index in [0.717, 1.165) is 18.5 Å². The van der Waals surface area contributed by atoms with Crippen LogP contribution < -0.4 is 10.6 Å². The fourth-order valence-corrected chi connectivity index (χ4v) is 2.65. The van der Waals surface area contributed by atoms with Crippen molar-refractivity contribution in [3.63, 3.8) is 0 Å². The smallest absolute Gasteiger partial charge is 0.233 e. The third-order valence-electron chi connectivity index (χ3n) is 3.90. The van der Waals surface area contributed by atoms with E-state index in [1.807, 2.05) is 24.3 Å². The molecule has 2 amide bonds. The van der Waals surface area contributed by atoms with Gasteiger partial charge in [0.15, 0.2) is 0 Å². The number of carbonyl (C=O) groups excluding carboxylic acids is 2. The molecule has 0 spiro atoms. The Labute approximate surface area is 126 Å². The predicted molar refractivity (Wildman–Crippen MR) is 84.2 cm³/mol. The summed E-state index contributed by atoms with van der Waals surface area (Å²) in [6.45, 7) is 4.25. The van der Waals surface area contributed by atoms with Crippen molar-refractivity contribution >= 4 is 17.5 Å². The highest BCUT2D eigenvalue weighted by Crippen LogP contribution is 2.18. The Hall–Kier alpha value is -1.84. The van der Waals surface area contributed by atoms with Gasteiger partial charge in [-0.15, -0.1) is 0 Å². The number of hydrogen-bond donors (Lipinski definition) is 2. The molecule has 0 aromatic heterocycles. The summed E-state index contributed by atoms with van der Waals surface area (Å²) in [7, 11) is 0. The molecular weight excluding hydrogens is 264 g/mol. The fraction of sp³-hybridized carbons (Fsp3) is 0.529. The molecule has 0 aliphatic heterocycles. The molecular formula is C17H24N2O2. The Bertz CT molecular complexity index is 488. The van der Waals surface area contributed by atoms with Crippen LogP contribution in [0, 0.1) is 0 Å². The van der Waals surface area contributed by atoms with E-state index in [1.165, 1.54) is 18.4 Å². The molecule has 1 saturated carbocycles. The maximum absolute atomic E-state index is 11.8. The molecule has 0 unspecified atom stereocenters. The maximum atomic E-state index is 11.8. The van der Waals surface area contributed by atoms with Crippen molar-refractivity contribution < 1.29 is 9.59 Å². The second kappa shape index (κ2) is 7.25. The van der Waals surface area contributed by atoms with Crippen molar-refractivity contribution in [2.24, 2.45) is 0 Å². The molecule has 0 atom stereocenters. The minimum atomic E-state index is -0.261. The SMILES string of the molecule is CC(C)c1ccc(NC(=O)CC(=O)NC2CCCC2)cc1. The van der Waals surface area contributed by atoms with Crippen LogP contribution in [-0.2, 0) is 9.59 Å². The van der Waals surface area contributed by atoms with E-state index in [2.05, 4.69) is 24.5 Å². The summed E-state index contributed by atoms with van der Waals surface area (Å²) in [6, 6.07) is 8.01. The average Bonchev–Trinajstić information content (AvgIpc) is 2.91. The minimum Gasteiger partial charge on any atom is -0.353 e. The lowest BCUT2D eigenvalue weighted by molar-refractivity contribution is -0.127. The molecule has 2 rings (SSSR count). The lowest BCUT2D eigenvalue weighted by Crippen LogP contribution is -2.35. The van der Waals surface area contributed by atoms with Crippen molar-refractivity contribution in [3.8, 4) is 0 Å². The Morgan fingerprint density at radius 3 is 2.29 bits per heavy atom. The van der Waals surface area contributed by atoms with Gasteiger partial charge in [-0.2, -0.15) is 0 Å². The van der Waals surface area contributed by atoms with Crippen LogP contribution in [0.15, 0.2) is 24.3 Å². The zero-order valence-electron chi connectivity index (χ0n) is 12.8. The summed E-state index contributed by atoms with van der Waals surface area (Å²) in [5.74, 6) is 0.0212. The van der Waals surface area contributed by atoms with Crippen molar-refractivity contribution in [2.45, 2.75) is 57.9 Å². The van der Waals surface area contributed by atoms with Gasteiger partial charge in [0.1, 0.15) is 6.42 Å². The van der Waals surface area contributed by atoms with E-state index in [1.54, 1.807) is 0 Å². The molecule has 0 bridgehead atoms. The number of amides is 2. The van der Waals surface area contributed by atoms with Crippen molar-refractivity contribution in [2.75, 3.05) is 5.32 Å². The van der Waals surface area contributed by atoms with Gasteiger partial charge in [0.25, 0.3) is 0 Å². The molecule has 114 valence electrons. The first kappa shape index (κ1) is 15.5. The topological polar surface area (TPSA) is 58.2 Å². The van der Waals surface area contributed by atoms with Gasteiger partial charge in [-0.1, -0.05) is 38.8 Å². The zero-order chi connectivity index (χ0) is 15.2. The fourth-order valence-electron chi connectivity index (χ4n) is 2.65. The van der Waals surface area contributed by atoms with Crippen LogP contribution in [-0.4, -0.2) is 17.9 Å². The van der Waals surface area contributed by atoms with Crippen molar-refractivity contribution in [1.82, 2.24) is 5.32 Å². The minimum absolute atomic E-state index is 0.109. The Morgan fingerprint density at radius 2 is 1.71 bits per heavy atom. The third kappa shape index (κ3) is 4.88. The maximum Gasteiger partial charge on any atom is 0.233 e. The van der Waals surface area contributed by atoms with Crippen molar-refractivity contribution in [1.29, 1.82) is 0 Å². The lowest BCUT2D eigenvalue weighted by atomic mass is 10.0. The highest BCUT2D eigenvalue weighted by molar-refractivity contribution is 6.03. The molecule has 1 aliphatic rings. The van der Waals surface area contributed by atoms with Gasteiger partial charge in [-0.25, -0.2) is 0 Å². The second-order valence-corrected chi connectivity index (χ2v) is 6.05. The van der Waals surface area contributed by atoms with Crippen LogP contribution in [0.4, 0.5) is 5.69 Å². The van der Waals surface area contributed by atoms with Gasteiger partial charge in [-0.05, 0) is 36.5 Å². The summed E-state index contributed by atoms with van der Waals surface area (Å²) < 4.78 is 0. The molecule has 1 aliphatic carbocycles. The van der Waals surface area contributed by atoms with Gasteiger partial charge in [0.2, 0.25) is 11.8 Å². The van der Waals surface area contributed by atoms with E-state index in [4.69, 9.17) is 0 Å². The van der Waals surface area contributed by atoms with E-state index in [-0.39, 0.29) is 24.3 Å². The van der Waals surface area contributed by atoms with Crippen LogP contribution in [0.25, 0.3) is 0 Å². The summed E-state index contributed by atoms with van der Waals surface area (Å²) in [5.41, 5.74) is 1.96. The van der Waals surface area contributed by atoms with Gasteiger partial charge in [-0.3, -0.25) is 9.59 Å². The lowest BCUT2D eigenvalue weighted by Gasteiger charge is -2.12. The first-order valence-electron chi connectivity index (χ1n) is 7.74. The summed E-state index contributed by atoms with van der Waals surface area (Å²) in [6.07, 6.45) is 4.29. The Balaban J connectivity index is 1.79. The highest BCUT2D eigenvalue weighted by atomic mass is 16.2. The first-order valence-corrected chi connectivity index (χ1v) is 7.74. The first-order chi connectivity index (χ1) is 10.0. The molecule has 21 heavy (non-hydrogen) atoms. The van der Waals surface area contributed by atoms with Gasteiger partial charge in [0, 0.05) is 11.7 Å². The molecule has 1 aromatic carbocycles. The largest absolute Gasteiger partial charge is 0.353 e. The van der Waals surface area contributed by atoms with Gasteiger partial charge in [0.05, 0.1) is 0 Å². The molecule has 4 nitrogen and oxygen atoms in total. The number of hydrogen-bond acceptors (Lipinski definition) is 2. The molecule has 0 heterocycles. The highest BCUT2D eigenvalue weighted by Gasteiger charge is 2.18. The van der Waals surface area contributed by atoms with E-state index < -0.39 is 0 Å². The van der Waals surface area contributed by atoms with Crippen LogP contribution in [0.2, 0.25) is 0 Å². The molecule has 1 fully saturated rings. The quantitative estimate of drug-likeness (QED) is 0.817. The normalized spacial score (nSPS) is 15.2. The molecule has 1 aromatic rings. The standard InChI is InChI=1S/C17H24N2O2/c1-12(2)13-7-9-15(10-8-13)19-17(21)11-16(20)18-14-5-3-4-6-14/h7-10,12,14H,3-6,11H2,1-2H3,(H,18,20)(H,19,21). The summed E-state index contributed by atoms with van der Waals surface area (Å²) in [5, 5.41) is 5.68. The monoisotopic (exact) mass is 288 g/mol. The van der Waals surface area contributed by atoms with Crippen LogP contribution in [0.5, 0.6) is 0 Å². The molecule has 4 heteroatoms. The second-order valence-electron chi connectivity index (χ2n) is 6.05. The number of anilines is 1. The number of nitrogens with one attached hydrogen (secondary N) is 2. The van der Waals surface area contributed by atoms with Crippen molar-refractivity contribution in [3.05, 3.63) is 29.8 Å². The average molecular weight is 288 g/mol. The Morgan fingerprint density at radius 1 is 1.10 bits per heavy atom. The summed E-state index contributed by atoms with van der Waals surface area (Å²) >= 11 is 0. The van der Waals surface area contributed by atoms with Gasteiger partial charge >= 0.3 is 0 Å². The Kier molecular flexibility index (Phi) is 5.37. The third-order valence-corrected chi connectivity index (χ3v) is 3.90. The summed E-state index contributed by atoms with van der Waals surface area (Å²) in [4.78, 5) is 23.6. The molecule has 2 N–H and O–H groups in total. The van der Waals surface area contributed by atoms with Crippen LogP contribution in [0.3, 0.4) is 0 Å². The number of carbonyl (C=O) groups is 2. The number of benzene rings is 1. The predicted octanol–water partition coefficient (Wildman–Crippen LogP) is 3.20. The molecule has 0 saturated heterocycles.